The fourth-order valence-electron chi connectivity index (χ4n) is 9.82. The Morgan fingerprint density at radius 1 is 0.591 bits per heavy atom. The molecule has 0 amide bonds. The maximum absolute atomic E-state index is 6.84. The van der Waals surface area contributed by atoms with Crippen molar-refractivity contribution in [3.05, 3.63) is 175 Å². The fraction of sp³-hybridized carbons (Fsp3) is 0.300. The van der Waals surface area contributed by atoms with E-state index in [0.29, 0.717) is 17.4 Å². The van der Waals surface area contributed by atoms with Gasteiger partial charge in [0.2, 0.25) is 0 Å². The van der Waals surface area contributed by atoms with Crippen LogP contribution in [0.3, 0.4) is 0 Å². The number of hydrogen-bond acceptors (Lipinski definition) is 4. The number of fused-ring (bicyclic) bond motifs is 4. The van der Waals surface area contributed by atoms with Gasteiger partial charge < -0.3 is 19.1 Å². The Morgan fingerprint density at radius 3 is 2.03 bits per heavy atom. The number of benzene rings is 6. The molecule has 0 spiro atoms. The molecule has 6 aromatic carbocycles. The van der Waals surface area contributed by atoms with Crippen LogP contribution >= 0.6 is 0 Å². The van der Waals surface area contributed by atoms with Crippen LogP contribution in [0.15, 0.2) is 134 Å². The monoisotopic (exact) mass is 1050 g/mol. The SMILES string of the molecule is CC(C)(C)c1cc(Oc2[c-]c3c(cc2)c2ccccc2n3-c2cc(C(C)(C)C)ccn2)[c-]c(N2[CH-]N(c3cccc(-c4ccc(C(C)(C)C)cc4C4CCCCC4)c3)c3ccccc32)c1.[Pt]. The topological polar surface area (TPSA) is 33.5 Å². The van der Waals surface area contributed by atoms with E-state index in [4.69, 9.17) is 9.72 Å². The molecule has 1 fully saturated rings. The van der Waals surface area contributed by atoms with Gasteiger partial charge in [-0.3, -0.25) is 0 Å². The normalized spacial score (nSPS) is 14.7. The molecule has 10 rings (SSSR count). The van der Waals surface area contributed by atoms with Crippen molar-refractivity contribution in [2.45, 2.75) is 117 Å². The maximum atomic E-state index is 6.84. The first-order valence-electron chi connectivity index (χ1n) is 23.6. The van der Waals surface area contributed by atoms with Gasteiger partial charge in [0.25, 0.3) is 0 Å². The Hall–Kier alpha value is -5.64. The van der Waals surface area contributed by atoms with Crippen LogP contribution in [0.25, 0.3) is 38.8 Å². The Labute approximate surface area is 407 Å². The number of anilines is 4. The molecule has 8 aromatic rings. The van der Waals surface area contributed by atoms with Gasteiger partial charge >= 0.3 is 0 Å². The molecular formula is C60H61N4OPt-3. The average Bonchev–Trinajstić information content (AvgIpc) is 3.84. The molecule has 2 aliphatic rings. The smallest absolute Gasteiger partial charge is 0.135 e. The summed E-state index contributed by atoms with van der Waals surface area (Å²) in [5.74, 6) is 2.71. The van der Waals surface area contributed by atoms with E-state index in [0.717, 1.165) is 55.9 Å². The molecule has 0 radical (unpaired) electrons. The van der Waals surface area contributed by atoms with Crippen molar-refractivity contribution in [2.24, 2.45) is 0 Å². The van der Waals surface area contributed by atoms with Gasteiger partial charge in [0.05, 0.1) is 0 Å². The summed E-state index contributed by atoms with van der Waals surface area (Å²) < 4.78 is 9.06. The zero-order valence-corrected chi connectivity index (χ0v) is 42.2. The van der Waals surface area contributed by atoms with Crippen LogP contribution in [0.1, 0.15) is 123 Å². The van der Waals surface area contributed by atoms with E-state index >= 15 is 0 Å². The molecule has 6 heteroatoms. The van der Waals surface area contributed by atoms with Crippen molar-refractivity contribution in [1.82, 2.24) is 9.55 Å². The first-order chi connectivity index (χ1) is 31.1. The standard InChI is InChI=1S/C60H61N4O.Pt/c1-58(2,3)42-26-28-49(52(35-42)40-18-11-10-12-19-40)41-20-17-21-45(32-41)62-39-63(55-25-16-15-24-54(55)62)46-33-44(60(7,8)9)34-48(37-46)65-47-27-29-51-50-22-13-14-23-53(50)64(56(51)38-47)57-36-43(30-31-61-57)59(4,5)6;/h13-17,20-36,39-40H,10-12,18-19H2,1-9H3;/q-3;. The second-order valence-electron chi connectivity index (χ2n) is 21.3. The molecule has 1 saturated carbocycles. The molecule has 66 heavy (non-hydrogen) atoms. The number of para-hydroxylation sites is 3. The van der Waals surface area contributed by atoms with Gasteiger partial charge in [-0.05, 0) is 111 Å². The van der Waals surface area contributed by atoms with Crippen LogP contribution in [0.4, 0.5) is 22.7 Å². The fourth-order valence-corrected chi connectivity index (χ4v) is 9.82. The number of nitrogens with zero attached hydrogens (tertiary/aromatic N) is 4. The molecule has 5 nitrogen and oxygen atoms in total. The average molecular weight is 1050 g/mol. The molecule has 0 bridgehead atoms. The molecule has 2 aromatic heterocycles. The molecule has 340 valence electrons. The van der Waals surface area contributed by atoms with Gasteiger partial charge in [0.1, 0.15) is 5.82 Å². The van der Waals surface area contributed by atoms with Gasteiger partial charge in [-0.25, -0.2) is 4.98 Å². The van der Waals surface area contributed by atoms with Crippen molar-refractivity contribution in [3.63, 3.8) is 0 Å². The van der Waals surface area contributed by atoms with E-state index in [9.17, 15) is 0 Å². The molecule has 0 atom stereocenters. The molecule has 3 heterocycles. The Balaban J connectivity index is 0.00000548. The zero-order chi connectivity index (χ0) is 45.3. The number of ether oxygens (including phenoxy) is 1. The molecule has 1 aliphatic heterocycles. The van der Waals surface area contributed by atoms with E-state index in [2.05, 4.69) is 217 Å². The van der Waals surface area contributed by atoms with Gasteiger partial charge in [0.15, 0.2) is 0 Å². The summed E-state index contributed by atoms with van der Waals surface area (Å²) >= 11 is 0. The van der Waals surface area contributed by atoms with Crippen molar-refractivity contribution in [2.75, 3.05) is 9.80 Å². The van der Waals surface area contributed by atoms with Crippen LogP contribution in [0, 0.1) is 18.8 Å². The van der Waals surface area contributed by atoms with Crippen LogP contribution < -0.4 is 14.5 Å². The van der Waals surface area contributed by atoms with Gasteiger partial charge in [-0.15, -0.1) is 53.6 Å². The molecule has 0 saturated heterocycles. The summed E-state index contributed by atoms with van der Waals surface area (Å²) in [5, 5.41) is 2.25. The summed E-state index contributed by atoms with van der Waals surface area (Å²) in [6.07, 6.45) is 8.40. The first-order valence-corrected chi connectivity index (χ1v) is 23.6. The quantitative estimate of drug-likeness (QED) is 0.149. The number of pyridine rings is 1. The third kappa shape index (κ3) is 8.72. The largest absolute Gasteiger partial charge is 0.509 e. The Kier molecular flexibility index (Phi) is 12.1. The van der Waals surface area contributed by atoms with Gasteiger partial charge in [-0.2, -0.15) is 6.07 Å². The van der Waals surface area contributed by atoms with E-state index in [-0.39, 0.29) is 37.3 Å². The minimum Gasteiger partial charge on any atom is -0.509 e. The molecular weight excluding hydrogens is 988 g/mol. The zero-order valence-electron chi connectivity index (χ0n) is 39.9. The van der Waals surface area contributed by atoms with Gasteiger partial charge in [-0.1, -0.05) is 148 Å². The second-order valence-corrected chi connectivity index (χ2v) is 21.3. The van der Waals surface area contributed by atoms with Crippen molar-refractivity contribution >= 4 is 44.6 Å². The summed E-state index contributed by atoms with van der Waals surface area (Å²) in [4.78, 5) is 9.47. The summed E-state index contributed by atoms with van der Waals surface area (Å²) in [7, 11) is 0. The summed E-state index contributed by atoms with van der Waals surface area (Å²) in [5.41, 5.74) is 14.1. The third-order valence-electron chi connectivity index (χ3n) is 13.6. The van der Waals surface area contributed by atoms with Crippen molar-refractivity contribution in [1.29, 1.82) is 0 Å². The van der Waals surface area contributed by atoms with Crippen LogP contribution in [0.5, 0.6) is 11.5 Å². The first kappa shape index (κ1) is 45.5. The van der Waals surface area contributed by atoms with Crippen LogP contribution in [-0.2, 0) is 37.3 Å². The van der Waals surface area contributed by atoms with Crippen LogP contribution in [0.2, 0.25) is 0 Å². The number of hydrogen-bond donors (Lipinski definition) is 0. The Morgan fingerprint density at radius 2 is 1.29 bits per heavy atom. The summed E-state index contributed by atoms with van der Waals surface area (Å²) in [6.45, 7) is 22.7. The minimum absolute atomic E-state index is 0. The third-order valence-corrected chi connectivity index (χ3v) is 13.6. The predicted molar refractivity (Wildman–Crippen MR) is 272 cm³/mol. The van der Waals surface area contributed by atoms with Gasteiger partial charge in [0, 0.05) is 61.3 Å². The van der Waals surface area contributed by atoms with E-state index < -0.39 is 0 Å². The minimum atomic E-state index is -0.155. The molecule has 1 aliphatic carbocycles. The predicted octanol–water partition coefficient (Wildman–Crippen LogP) is 16.6. The number of rotatable bonds is 7. The van der Waals surface area contributed by atoms with E-state index in [1.807, 2.05) is 12.3 Å². The summed E-state index contributed by atoms with van der Waals surface area (Å²) in [6, 6.07) is 53.8. The van der Waals surface area contributed by atoms with Crippen LogP contribution in [-0.4, -0.2) is 9.55 Å². The van der Waals surface area contributed by atoms with Crippen molar-refractivity contribution in [3.8, 4) is 28.4 Å². The molecule has 0 N–H and O–H groups in total. The second kappa shape index (κ2) is 17.5. The number of aromatic nitrogens is 2. The maximum Gasteiger partial charge on any atom is 0.135 e. The van der Waals surface area contributed by atoms with E-state index in [1.54, 1.807) is 0 Å². The van der Waals surface area contributed by atoms with Crippen molar-refractivity contribution < 1.29 is 25.8 Å². The molecule has 0 unspecified atom stereocenters. The Bertz CT molecular complexity index is 3060. The van der Waals surface area contributed by atoms with E-state index in [1.165, 1.54) is 59.9 Å².